The summed E-state index contributed by atoms with van der Waals surface area (Å²) in [5.74, 6) is -0.230. The lowest BCUT2D eigenvalue weighted by molar-refractivity contribution is 0.537. The molecule has 0 spiro atoms. The lowest BCUT2D eigenvalue weighted by Crippen LogP contribution is -2.44. The maximum Gasteiger partial charge on any atom is 0.165 e. The first kappa shape index (κ1) is 19.4. The molecule has 1 aliphatic heterocycles. The Hall–Kier alpha value is -3.59. The van der Waals surface area contributed by atoms with Crippen LogP contribution >= 0.6 is 0 Å². The number of fused-ring (bicyclic) bond motifs is 1. The number of benzene rings is 1. The fourth-order valence-electron chi connectivity index (χ4n) is 4.02. The number of nitrogens with one attached hydrogen (secondary N) is 1. The maximum absolute atomic E-state index is 15.0. The van der Waals surface area contributed by atoms with Crippen molar-refractivity contribution in [3.63, 3.8) is 0 Å². The number of hydrogen-bond donors (Lipinski definition) is 2. The van der Waals surface area contributed by atoms with Crippen molar-refractivity contribution < 1.29 is 8.78 Å². The molecule has 1 fully saturated rings. The second kappa shape index (κ2) is 7.59. The molecule has 0 atom stereocenters. The molecule has 0 aliphatic carbocycles. The van der Waals surface area contributed by atoms with Gasteiger partial charge in [0.2, 0.25) is 0 Å². The van der Waals surface area contributed by atoms with Gasteiger partial charge in [-0.05, 0) is 31.2 Å². The van der Waals surface area contributed by atoms with Crippen LogP contribution in [0.2, 0.25) is 0 Å². The van der Waals surface area contributed by atoms with E-state index in [0.29, 0.717) is 60.4 Å². The van der Waals surface area contributed by atoms with E-state index in [4.69, 9.17) is 10.7 Å². The normalized spacial score (nSPS) is 14.4. The SMILES string of the molecule is Cc1nc2ccc(-c3ccnc(N)c3)nc2n1-c1cc(F)c(N2CCNCC2)c(F)c1. The van der Waals surface area contributed by atoms with Crippen LogP contribution in [0.4, 0.5) is 20.3 Å². The maximum atomic E-state index is 15.0. The van der Waals surface area contributed by atoms with E-state index in [2.05, 4.69) is 15.3 Å². The van der Waals surface area contributed by atoms with Crippen LogP contribution < -0.4 is 16.0 Å². The Morgan fingerprint density at radius 1 is 1.00 bits per heavy atom. The highest BCUT2D eigenvalue weighted by Crippen LogP contribution is 2.30. The monoisotopic (exact) mass is 421 g/mol. The molecule has 31 heavy (non-hydrogen) atoms. The zero-order valence-electron chi connectivity index (χ0n) is 16.9. The van der Waals surface area contributed by atoms with Gasteiger partial charge in [-0.25, -0.2) is 23.7 Å². The molecule has 1 aromatic carbocycles. The van der Waals surface area contributed by atoms with E-state index in [1.807, 2.05) is 12.1 Å². The minimum atomic E-state index is -0.601. The standard InChI is InChI=1S/C22H21F2N7/c1-13-28-19-3-2-18(14-4-5-27-20(25)10-14)29-22(19)31(13)15-11-16(23)21(17(24)12-15)30-8-6-26-7-9-30/h2-5,10-12,26H,6-9H2,1H3,(H2,25,27). The lowest BCUT2D eigenvalue weighted by Gasteiger charge is -2.30. The van der Waals surface area contributed by atoms with Crippen LogP contribution in [0.15, 0.2) is 42.6 Å². The number of pyridine rings is 2. The van der Waals surface area contributed by atoms with Gasteiger partial charge in [0.1, 0.15) is 22.8 Å². The number of nitrogens with zero attached hydrogens (tertiary/aromatic N) is 5. The average Bonchev–Trinajstić information content (AvgIpc) is 3.09. The van der Waals surface area contributed by atoms with Crippen molar-refractivity contribution >= 4 is 22.7 Å². The molecule has 0 unspecified atom stereocenters. The number of nitrogen functional groups attached to an aromatic ring is 1. The molecule has 0 saturated carbocycles. The van der Waals surface area contributed by atoms with Crippen molar-refractivity contribution in [1.29, 1.82) is 0 Å². The summed E-state index contributed by atoms with van der Waals surface area (Å²) in [7, 11) is 0. The fourth-order valence-corrected chi connectivity index (χ4v) is 4.02. The van der Waals surface area contributed by atoms with Crippen LogP contribution in [0.1, 0.15) is 5.82 Å². The molecule has 9 heteroatoms. The Morgan fingerprint density at radius 3 is 2.45 bits per heavy atom. The van der Waals surface area contributed by atoms with Gasteiger partial charge in [-0.2, -0.15) is 0 Å². The van der Waals surface area contributed by atoms with Gasteiger partial charge in [-0.1, -0.05) is 0 Å². The number of halogens is 2. The zero-order chi connectivity index (χ0) is 21.5. The Labute approximate surface area is 177 Å². The Kier molecular flexibility index (Phi) is 4.74. The summed E-state index contributed by atoms with van der Waals surface area (Å²) in [6.07, 6.45) is 1.61. The van der Waals surface area contributed by atoms with Gasteiger partial charge in [0, 0.05) is 50.1 Å². The van der Waals surface area contributed by atoms with Crippen molar-refractivity contribution in [3.05, 3.63) is 60.1 Å². The number of imidazole rings is 1. The van der Waals surface area contributed by atoms with Crippen LogP contribution in [0.5, 0.6) is 0 Å². The van der Waals surface area contributed by atoms with Crippen molar-refractivity contribution in [2.45, 2.75) is 6.92 Å². The highest BCUT2D eigenvalue weighted by molar-refractivity contribution is 5.78. The Balaban J connectivity index is 1.63. The summed E-state index contributed by atoms with van der Waals surface area (Å²) in [6.45, 7) is 4.28. The largest absolute Gasteiger partial charge is 0.384 e. The third kappa shape index (κ3) is 3.46. The van der Waals surface area contributed by atoms with E-state index in [0.717, 1.165) is 5.56 Å². The zero-order valence-corrected chi connectivity index (χ0v) is 16.9. The minimum absolute atomic E-state index is 0.00762. The third-order valence-corrected chi connectivity index (χ3v) is 5.44. The summed E-state index contributed by atoms with van der Waals surface area (Å²) < 4.78 is 31.7. The number of rotatable bonds is 3. The highest BCUT2D eigenvalue weighted by Gasteiger charge is 2.22. The predicted molar refractivity (Wildman–Crippen MR) is 116 cm³/mol. The van der Waals surface area contributed by atoms with Crippen molar-refractivity contribution in [3.8, 4) is 16.9 Å². The number of hydrogen-bond acceptors (Lipinski definition) is 6. The van der Waals surface area contributed by atoms with E-state index >= 15 is 8.78 Å². The van der Waals surface area contributed by atoms with Crippen molar-refractivity contribution in [1.82, 2.24) is 24.8 Å². The topological polar surface area (TPSA) is 84.9 Å². The van der Waals surface area contributed by atoms with Crippen molar-refractivity contribution in [2.75, 3.05) is 36.8 Å². The van der Waals surface area contributed by atoms with E-state index in [1.54, 1.807) is 34.7 Å². The number of anilines is 2. The van der Waals surface area contributed by atoms with Crippen LogP contribution in [-0.4, -0.2) is 45.7 Å². The highest BCUT2D eigenvalue weighted by atomic mass is 19.1. The molecule has 4 heterocycles. The molecule has 7 nitrogen and oxygen atoms in total. The molecular formula is C22H21F2N7. The first-order valence-electron chi connectivity index (χ1n) is 10.0. The van der Waals surface area contributed by atoms with E-state index < -0.39 is 11.6 Å². The summed E-state index contributed by atoms with van der Waals surface area (Å²) in [5, 5.41) is 3.19. The van der Waals surface area contributed by atoms with E-state index in [-0.39, 0.29) is 5.69 Å². The molecule has 0 radical (unpaired) electrons. The van der Waals surface area contributed by atoms with Crippen LogP contribution in [0, 0.1) is 18.6 Å². The molecule has 0 amide bonds. The van der Waals surface area contributed by atoms with Crippen molar-refractivity contribution in [2.24, 2.45) is 0 Å². The van der Waals surface area contributed by atoms with Gasteiger partial charge >= 0.3 is 0 Å². The van der Waals surface area contributed by atoms with E-state index in [9.17, 15) is 0 Å². The van der Waals surface area contributed by atoms with Gasteiger partial charge in [0.05, 0.1) is 11.4 Å². The first-order valence-corrected chi connectivity index (χ1v) is 10.0. The predicted octanol–water partition coefficient (Wildman–Crippen LogP) is 3.06. The molecular weight excluding hydrogens is 400 g/mol. The van der Waals surface area contributed by atoms with Gasteiger partial charge in [0.25, 0.3) is 0 Å². The Morgan fingerprint density at radius 2 is 1.74 bits per heavy atom. The van der Waals surface area contributed by atoms with Gasteiger partial charge in [0.15, 0.2) is 17.3 Å². The minimum Gasteiger partial charge on any atom is -0.384 e. The number of piperazine rings is 1. The molecule has 3 N–H and O–H groups in total. The summed E-state index contributed by atoms with van der Waals surface area (Å²) in [4.78, 5) is 15.0. The van der Waals surface area contributed by atoms with E-state index in [1.165, 1.54) is 12.1 Å². The molecule has 1 saturated heterocycles. The quantitative estimate of drug-likeness (QED) is 0.529. The van der Waals surface area contributed by atoms with Gasteiger partial charge < -0.3 is 16.0 Å². The smallest absolute Gasteiger partial charge is 0.165 e. The molecule has 4 aromatic rings. The van der Waals surface area contributed by atoms with Gasteiger partial charge in [-0.15, -0.1) is 0 Å². The van der Waals surface area contributed by atoms with Crippen LogP contribution in [-0.2, 0) is 0 Å². The van der Waals surface area contributed by atoms with Crippen LogP contribution in [0.25, 0.3) is 28.1 Å². The number of aromatic nitrogens is 4. The first-order chi connectivity index (χ1) is 15.0. The molecule has 0 bridgehead atoms. The average molecular weight is 421 g/mol. The van der Waals surface area contributed by atoms with Gasteiger partial charge in [-0.3, -0.25) is 4.57 Å². The summed E-state index contributed by atoms with van der Waals surface area (Å²) in [5.41, 5.74) is 8.76. The second-order valence-electron chi connectivity index (χ2n) is 7.50. The molecule has 1 aliphatic rings. The Bertz CT molecular complexity index is 1260. The number of nitrogens with two attached hydrogens (primary N) is 1. The molecule has 5 rings (SSSR count). The summed E-state index contributed by atoms with van der Waals surface area (Å²) in [6, 6.07) is 9.88. The molecule has 3 aromatic heterocycles. The molecule has 158 valence electrons. The summed E-state index contributed by atoms with van der Waals surface area (Å²) >= 11 is 0. The third-order valence-electron chi connectivity index (χ3n) is 5.44. The fraction of sp³-hybridized carbons (Fsp3) is 0.227. The lowest BCUT2D eigenvalue weighted by atomic mass is 10.1. The van der Waals surface area contributed by atoms with Crippen LogP contribution in [0.3, 0.4) is 0 Å². The number of aryl methyl sites for hydroxylation is 1. The second-order valence-corrected chi connectivity index (χ2v) is 7.50.